The van der Waals surface area contributed by atoms with E-state index in [0.717, 1.165) is 12.8 Å². The van der Waals surface area contributed by atoms with E-state index in [1.807, 2.05) is 0 Å². The van der Waals surface area contributed by atoms with Crippen LogP contribution in [-0.2, 0) is 4.74 Å². The molecule has 1 heterocycles. The van der Waals surface area contributed by atoms with E-state index in [0.29, 0.717) is 25.1 Å². The summed E-state index contributed by atoms with van der Waals surface area (Å²) in [4.78, 5) is 11.6. The molecule has 98 valence electrons. The van der Waals surface area contributed by atoms with Gasteiger partial charge in [-0.3, -0.25) is 4.79 Å². The Kier molecular flexibility index (Phi) is 4.46. The van der Waals surface area contributed by atoms with E-state index in [9.17, 15) is 4.79 Å². The molecule has 1 aliphatic rings. The maximum absolute atomic E-state index is 11.6. The molecule has 0 saturated heterocycles. The van der Waals surface area contributed by atoms with Gasteiger partial charge in [0, 0.05) is 6.54 Å². The number of nitrogen functional groups attached to an aromatic ring is 1. The number of nitrogens with zero attached hydrogens (tertiary/aromatic N) is 2. The van der Waals surface area contributed by atoms with Crippen molar-refractivity contribution >= 4 is 11.7 Å². The number of nitrogens with two attached hydrogens (primary N) is 1. The monoisotopic (exact) mass is 250 g/mol. The third-order valence-corrected chi connectivity index (χ3v) is 2.96. The maximum Gasteiger partial charge on any atom is 0.271 e. The van der Waals surface area contributed by atoms with Crippen molar-refractivity contribution in [2.24, 2.45) is 0 Å². The van der Waals surface area contributed by atoms with E-state index >= 15 is 0 Å². The van der Waals surface area contributed by atoms with Crippen molar-refractivity contribution in [1.82, 2.24) is 15.5 Å². The Labute approximate surface area is 106 Å². The zero-order valence-corrected chi connectivity index (χ0v) is 10.3. The third-order valence-electron chi connectivity index (χ3n) is 2.96. The molecule has 1 fully saturated rings. The SMILES string of the molecule is Nc1ccc(C(=O)NCCOC2CCCC2)nn1. The molecular weight excluding hydrogens is 232 g/mol. The minimum atomic E-state index is -0.252. The fourth-order valence-corrected chi connectivity index (χ4v) is 2.00. The van der Waals surface area contributed by atoms with Crippen LogP contribution in [0.2, 0.25) is 0 Å². The molecule has 0 aliphatic heterocycles. The van der Waals surface area contributed by atoms with Crippen molar-refractivity contribution in [2.75, 3.05) is 18.9 Å². The predicted molar refractivity (Wildman–Crippen MR) is 67.0 cm³/mol. The van der Waals surface area contributed by atoms with Crippen molar-refractivity contribution in [3.8, 4) is 0 Å². The first-order valence-corrected chi connectivity index (χ1v) is 6.25. The predicted octanol–water partition coefficient (Wildman–Crippen LogP) is 0.748. The molecule has 1 amide bonds. The van der Waals surface area contributed by atoms with Gasteiger partial charge < -0.3 is 15.8 Å². The Balaban J connectivity index is 1.66. The summed E-state index contributed by atoms with van der Waals surface area (Å²) >= 11 is 0. The standard InChI is InChI=1S/C12H18N4O2/c13-11-6-5-10(15-16-11)12(17)14-7-8-18-9-3-1-2-4-9/h5-6,9H,1-4,7-8H2,(H2,13,16)(H,14,17). The molecule has 0 atom stereocenters. The summed E-state index contributed by atoms with van der Waals surface area (Å²) in [6, 6.07) is 3.10. The summed E-state index contributed by atoms with van der Waals surface area (Å²) in [6.45, 7) is 1.03. The molecule has 2 rings (SSSR count). The molecule has 6 heteroatoms. The third kappa shape index (κ3) is 3.66. The lowest BCUT2D eigenvalue weighted by Crippen LogP contribution is -2.29. The second kappa shape index (κ2) is 6.30. The number of rotatable bonds is 5. The quantitative estimate of drug-likeness (QED) is 0.752. The van der Waals surface area contributed by atoms with Gasteiger partial charge in [0.25, 0.3) is 5.91 Å². The van der Waals surface area contributed by atoms with Crippen molar-refractivity contribution < 1.29 is 9.53 Å². The Morgan fingerprint density at radius 1 is 1.39 bits per heavy atom. The van der Waals surface area contributed by atoms with Gasteiger partial charge in [0.05, 0.1) is 12.7 Å². The minimum absolute atomic E-state index is 0.252. The van der Waals surface area contributed by atoms with Crippen molar-refractivity contribution in [3.05, 3.63) is 17.8 Å². The van der Waals surface area contributed by atoms with Crippen LogP contribution >= 0.6 is 0 Å². The fourth-order valence-electron chi connectivity index (χ4n) is 2.00. The molecule has 0 spiro atoms. The van der Waals surface area contributed by atoms with Crippen LogP contribution in [0.15, 0.2) is 12.1 Å². The number of hydrogen-bond donors (Lipinski definition) is 2. The van der Waals surface area contributed by atoms with E-state index < -0.39 is 0 Å². The molecule has 6 nitrogen and oxygen atoms in total. The van der Waals surface area contributed by atoms with E-state index in [-0.39, 0.29) is 11.6 Å². The summed E-state index contributed by atoms with van der Waals surface area (Å²) in [6.07, 6.45) is 5.14. The van der Waals surface area contributed by atoms with Crippen LogP contribution in [0, 0.1) is 0 Å². The van der Waals surface area contributed by atoms with Crippen LogP contribution in [-0.4, -0.2) is 35.4 Å². The van der Waals surface area contributed by atoms with E-state index in [2.05, 4.69) is 15.5 Å². The second-order valence-corrected chi connectivity index (χ2v) is 4.38. The molecule has 1 aliphatic carbocycles. The number of hydrogen-bond acceptors (Lipinski definition) is 5. The van der Waals surface area contributed by atoms with Gasteiger partial charge in [0.1, 0.15) is 5.82 Å². The van der Waals surface area contributed by atoms with Crippen LogP contribution in [0.5, 0.6) is 0 Å². The van der Waals surface area contributed by atoms with Crippen LogP contribution in [0.25, 0.3) is 0 Å². The molecule has 1 aromatic rings. The topological polar surface area (TPSA) is 90.1 Å². The highest BCUT2D eigenvalue weighted by Crippen LogP contribution is 2.20. The lowest BCUT2D eigenvalue weighted by molar-refractivity contribution is 0.0581. The highest BCUT2D eigenvalue weighted by Gasteiger charge is 2.15. The average molecular weight is 250 g/mol. The van der Waals surface area contributed by atoms with Crippen LogP contribution in [0.1, 0.15) is 36.2 Å². The van der Waals surface area contributed by atoms with Gasteiger partial charge in [-0.15, -0.1) is 10.2 Å². The molecule has 18 heavy (non-hydrogen) atoms. The van der Waals surface area contributed by atoms with Gasteiger partial charge in [-0.2, -0.15) is 0 Å². The molecule has 3 N–H and O–H groups in total. The molecule has 0 bridgehead atoms. The zero-order valence-electron chi connectivity index (χ0n) is 10.3. The Hall–Kier alpha value is -1.69. The van der Waals surface area contributed by atoms with Crippen LogP contribution < -0.4 is 11.1 Å². The molecule has 0 aromatic carbocycles. The number of aromatic nitrogens is 2. The highest BCUT2D eigenvalue weighted by molar-refractivity contribution is 5.92. The Morgan fingerprint density at radius 3 is 2.83 bits per heavy atom. The van der Waals surface area contributed by atoms with Gasteiger partial charge in [-0.25, -0.2) is 0 Å². The number of carbonyl (C=O) groups excluding carboxylic acids is 1. The molecule has 0 radical (unpaired) electrons. The van der Waals surface area contributed by atoms with Gasteiger partial charge in [-0.1, -0.05) is 12.8 Å². The van der Waals surface area contributed by atoms with Crippen molar-refractivity contribution in [2.45, 2.75) is 31.8 Å². The molecular formula is C12H18N4O2. The first kappa shape index (κ1) is 12.8. The Morgan fingerprint density at radius 2 is 2.17 bits per heavy atom. The van der Waals surface area contributed by atoms with E-state index in [4.69, 9.17) is 10.5 Å². The van der Waals surface area contributed by atoms with Gasteiger partial charge >= 0.3 is 0 Å². The summed E-state index contributed by atoms with van der Waals surface area (Å²) < 4.78 is 5.64. The van der Waals surface area contributed by atoms with Crippen molar-refractivity contribution in [1.29, 1.82) is 0 Å². The van der Waals surface area contributed by atoms with E-state index in [1.54, 1.807) is 12.1 Å². The number of carbonyl (C=O) groups is 1. The smallest absolute Gasteiger partial charge is 0.271 e. The summed E-state index contributed by atoms with van der Waals surface area (Å²) in [5.41, 5.74) is 5.66. The number of anilines is 1. The number of amides is 1. The van der Waals surface area contributed by atoms with Crippen LogP contribution in [0.4, 0.5) is 5.82 Å². The molecule has 1 aromatic heterocycles. The fraction of sp³-hybridized carbons (Fsp3) is 0.583. The van der Waals surface area contributed by atoms with Gasteiger partial charge in [0.2, 0.25) is 0 Å². The molecule has 0 unspecified atom stereocenters. The molecule has 1 saturated carbocycles. The minimum Gasteiger partial charge on any atom is -0.382 e. The maximum atomic E-state index is 11.6. The normalized spacial score (nSPS) is 15.8. The second-order valence-electron chi connectivity index (χ2n) is 4.38. The van der Waals surface area contributed by atoms with Crippen molar-refractivity contribution in [3.63, 3.8) is 0 Å². The first-order valence-electron chi connectivity index (χ1n) is 6.25. The largest absolute Gasteiger partial charge is 0.382 e. The van der Waals surface area contributed by atoms with Crippen LogP contribution in [0.3, 0.4) is 0 Å². The van der Waals surface area contributed by atoms with E-state index in [1.165, 1.54) is 12.8 Å². The number of nitrogens with one attached hydrogen (secondary N) is 1. The first-order chi connectivity index (χ1) is 8.75. The summed E-state index contributed by atoms with van der Waals surface area (Å²) in [5, 5.41) is 10.1. The highest BCUT2D eigenvalue weighted by atomic mass is 16.5. The lowest BCUT2D eigenvalue weighted by atomic mass is 10.3. The summed E-state index contributed by atoms with van der Waals surface area (Å²) in [7, 11) is 0. The summed E-state index contributed by atoms with van der Waals surface area (Å²) in [5.74, 6) is 0.0497. The van der Waals surface area contributed by atoms with Gasteiger partial charge in [0.15, 0.2) is 5.69 Å². The average Bonchev–Trinajstić information content (AvgIpc) is 2.88. The number of ether oxygens (including phenoxy) is 1. The Bertz CT molecular complexity index is 388. The zero-order chi connectivity index (χ0) is 12.8. The lowest BCUT2D eigenvalue weighted by Gasteiger charge is -2.11. The van der Waals surface area contributed by atoms with Gasteiger partial charge in [-0.05, 0) is 25.0 Å².